The minimum absolute atomic E-state index is 0.0428. The SMILES string of the molecule is O=C1[C@H]2[C@H](c3ccc(Cl)cc3)OC3(C(=O)c4ccccc4C3=O)[C@H]2C(=O)N1c1ccc(F)c(Cl)c1. The Labute approximate surface area is 208 Å². The molecule has 0 bridgehead atoms. The quantitative estimate of drug-likeness (QED) is 0.365. The van der Waals surface area contributed by atoms with Crippen molar-refractivity contribution in [1.82, 2.24) is 0 Å². The topological polar surface area (TPSA) is 80.8 Å². The van der Waals surface area contributed by atoms with Crippen LogP contribution in [-0.4, -0.2) is 29.0 Å². The molecule has 2 fully saturated rings. The number of nitrogens with zero attached hydrogens (tertiary/aromatic N) is 1. The van der Waals surface area contributed by atoms with Gasteiger partial charge in [-0.05, 0) is 35.9 Å². The zero-order valence-electron chi connectivity index (χ0n) is 17.7. The van der Waals surface area contributed by atoms with E-state index in [4.69, 9.17) is 27.9 Å². The molecule has 0 N–H and O–H groups in total. The maximum atomic E-state index is 13.8. The van der Waals surface area contributed by atoms with Crippen LogP contribution < -0.4 is 4.90 Å². The highest BCUT2D eigenvalue weighted by molar-refractivity contribution is 6.37. The zero-order valence-corrected chi connectivity index (χ0v) is 19.2. The molecule has 2 heterocycles. The molecule has 0 unspecified atom stereocenters. The van der Waals surface area contributed by atoms with Gasteiger partial charge in [0.15, 0.2) is 0 Å². The predicted octanol–water partition coefficient (Wildman–Crippen LogP) is 4.83. The molecule has 1 spiro atoms. The highest BCUT2D eigenvalue weighted by Gasteiger charge is 2.74. The number of carbonyl (C=O) groups excluding carboxylic acids is 4. The van der Waals surface area contributed by atoms with E-state index in [0.717, 1.165) is 17.0 Å². The van der Waals surface area contributed by atoms with Gasteiger partial charge in [-0.15, -0.1) is 0 Å². The molecule has 2 aliphatic heterocycles. The summed E-state index contributed by atoms with van der Waals surface area (Å²) in [6.45, 7) is 0. The van der Waals surface area contributed by atoms with Crippen LogP contribution in [-0.2, 0) is 14.3 Å². The number of halogens is 3. The molecule has 0 aromatic heterocycles. The molecular weight excluding hydrogens is 496 g/mol. The average molecular weight is 510 g/mol. The molecule has 2 saturated heterocycles. The molecule has 0 radical (unpaired) electrons. The fraction of sp³-hybridized carbons (Fsp3) is 0.154. The fourth-order valence-corrected chi connectivity index (χ4v) is 5.65. The zero-order chi connectivity index (χ0) is 24.6. The summed E-state index contributed by atoms with van der Waals surface area (Å²) in [6.07, 6.45) is -1.07. The first-order chi connectivity index (χ1) is 16.8. The second kappa shape index (κ2) is 7.55. The van der Waals surface area contributed by atoms with Gasteiger partial charge in [-0.1, -0.05) is 59.6 Å². The van der Waals surface area contributed by atoms with Gasteiger partial charge in [-0.3, -0.25) is 19.2 Å². The van der Waals surface area contributed by atoms with E-state index in [-0.39, 0.29) is 21.8 Å². The molecule has 6 rings (SSSR count). The van der Waals surface area contributed by atoms with Crippen LogP contribution in [0.25, 0.3) is 0 Å². The molecule has 9 heteroatoms. The van der Waals surface area contributed by atoms with Crippen molar-refractivity contribution in [1.29, 1.82) is 0 Å². The van der Waals surface area contributed by atoms with Crippen LogP contribution in [0.2, 0.25) is 10.0 Å². The van der Waals surface area contributed by atoms with E-state index in [9.17, 15) is 23.6 Å². The summed E-state index contributed by atoms with van der Waals surface area (Å²) in [4.78, 5) is 55.7. The number of anilines is 1. The lowest BCUT2D eigenvalue weighted by Gasteiger charge is -2.27. The molecule has 3 aromatic rings. The molecule has 0 saturated carbocycles. The number of hydrogen-bond donors (Lipinski definition) is 0. The summed E-state index contributed by atoms with van der Waals surface area (Å²) < 4.78 is 20.0. The highest BCUT2D eigenvalue weighted by atomic mass is 35.5. The van der Waals surface area contributed by atoms with Crippen LogP contribution in [0.5, 0.6) is 0 Å². The number of hydrogen-bond acceptors (Lipinski definition) is 5. The van der Waals surface area contributed by atoms with Crippen molar-refractivity contribution in [3.05, 3.63) is 99.3 Å². The lowest BCUT2D eigenvalue weighted by Crippen LogP contribution is -2.51. The van der Waals surface area contributed by atoms with Crippen LogP contribution >= 0.6 is 23.2 Å². The largest absolute Gasteiger partial charge is 0.349 e. The first kappa shape index (κ1) is 22.1. The molecule has 1 aliphatic carbocycles. The summed E-state index contributed by atoms with van der Waals surface area (Å²) in [6, 6.07) is 16.1. The predicted molar refractivity (Wildman–Crippen MR) is 124 cm³/mol. The third-order valence-corrected chi connectivity index (χ3v) is 7.42. The minimum atomic E-state index is -2.19. The maximum absolute atomic E-state index is 13.8. The number of ketones is 2. The van der Waals surface area contributed by atoms with Crippen LogP contribution in [0.15, 0.2) is 66.7 Å². The standard InChI is InChI=1S/C26H14Cl2FNO5/c27-13-7-5-12(6-8-13)21-19-20(25(34)30(24(19)33)14-9-10-18(29)17(28)11-14)26(35-21)22(31)15-3-1-2-4-16(15)23(26)32/h1-11,19-21H/t19-,20-,21+/m1/s1. The number of benzene rings is 3. The molecule has 3 atom stereocenters. The van der Waals surface area contributed by atoms with Crippen molar-refractivity contribution >= 4 is 52.3 Å². The normalized spacial score (nSPS) is 24.4. The van der Waals surface area contributed by atoms with E-state index in [1.165, 1.54) is 18.2 Å². The van der Waals surface area contributed by atoms with E-state index >= 15 is 0 Å². The first-order valence-electron chi connectivity index (χ1n) is 10.7. The molecule has 3 aromatic carbocycles. The van der Waals surface area contributed by atoms with E-state index in [2.05, 4.69) is 0 Å². The number of ether oxygens (including phenoxy) is 1. The van der Waals surface area contributed by atoms with Gasteiger partial charge in [-0.2, -0.15) is 0 Å². The number of Topliss-reactive ketones (excluding diaryl/α,β-unsaturated/α-hetero) is 2. The van der Waals surface area contributed by atoms with Gasteiger partial charge in [-0.25, -0.2) is 9.29 Å². The maximum Gasteiger partial charge on any atom is 0.241 e. The number of fused-ring (bicyclic) bond motifs is 3. The third-order valence-electron chi connectivity index (χ3n) is 6.88. The molecule has 35 heavy (non-hydrogen) atoms. The van der Waals surface area contributed by atoms with Crippen molar-refractivity contribution in [2.75, 3.05) is 4.90 Å². The van der Waals surface area contributed by atoms with Gasteiger partial charge >= 0.3 is 0 Å². The van der Waals surface area contributed by atoms with Crippen molar-refractivity contribution in [2.45, 2.75) is 11.7 Å². The summed E-state index contributed by atoms with van der Waals surface area (Å²) in [7, 11) is 0. The van der Waals surface area contributed by atoms with Crippen molar-refractivity contribution in [3.8, 4) is 0 Å². The van der Waals surface area contributed by atoms with Gasteiger partial charge in [0.1, 0.15) is 5.82 Å². The lowest BCUT2D eigenvalue weighted by molar-refractivity contribution is -0.127. The average Bonchev–Trinajstić information content (AvgIpc) is 3.41. The summed E-state index contributed by atoms with van der Waals surface area (Å²) in [5.74, 6) is -6.08. The second-order valence-electron chi connectivity index (χ2n) is 8.64. The summed E-state index contributed by atoms with van der Waals surface area (Å²) in [5.41, 5.74) is -1.39. The van der Waals surface area contributed by atoms with E-state index < -0.39 is 52.7 Å². The Morgan fingerprint density at radius 2 is 1.46 bits per heavy atom. The molecular formula is C26H14Cl2FNO5. The molecule has 174 valence electrons. The molecule has 6 nitrogen and oxygen atoms in total. The van der Waals surface area contributed by atoms with Crippen LogP contribution in [0.3, 0.4) is 0 Å². The summed E-state index contributed by atoms with van der Waals surface area (Å²) >= 11 is 11.9. The molecule has 3 aliphatic rings. The van der Waals surface area contributed by atoms with Gasteiger partial charge in [0, 0.05) is 16.1 Å². The van der Waals surface area contributed by atoms with Crippen LogP contribution in [0, 0.1) is 17.7 Å². The smallest absolute Gasteiger partial charge is 0.241 e. The Kier molecular flexibility index (Phi) is 4.77. The number of amides is 2. The van der Waals surface area contributed by atoms with Crippen LogP contribution in [0.4, 0.5) is 10.1 Å². The van der Waals surface area contributed by atoms with Crippen molar-refractivity contribution in [3.63, 3.8) is 0 Å². The highest BCUT2D eigenvalue weighted by Crippen LogP contribution is 2.57. The Morgan fingerprint density at radius 3 is 2.06 bits per heavy atom. The number of rotatable bonds is 2. The number of carbonyl (C=O) groups is 4. The first-order valence-corrected chi connectivity index (χ1v) is 11.5. The van der Waals surface area contributed by atoms with Gasteiger partial charge in [0.2, 0.25) is 29.0 Å². The third kappa shape index (κ3) is 2.86. The summed E-state index contributed by atoms with van der Waals surface area (Å²) in [5, 5.41) is 0.163. The Balaban J connectivity index is 1.54. The van der Waals surface area contributed by atoms with E-state index in [1.54, 1.807) is 36.4 Å². The Hall–Kier alpha value is -3.39. The number of imide groups is 1. The lowest BCUT2D eigenvalue weighted by atomic mass is 9.77. The van der Waals surface area contributed by atoms with Gasteiger partial charge < -0.3 is 4.74 Å². The monoisotopic (exact) mass is 509 g/mol. The van der Waals surface area contributed by atoms with Gasteiger partial charge in [0.25, 0.3) is 0 Å². The second-order valence-corrected chi connectivity index (χ2v) is 9.49. The van der Waals surface area contributed by atoms with Crippen LogP contribution in [0.1, 0.15) is 32.4 Å². The van der Waals surface area contributed by atoms with Gasteiger partial charge in [0.05, 0.1) is 28.6 Å². The Bertz CT molecular complexity index is 1440. The van der Waals surface area contributed by atoms with E-state index in [0.29, 0.717) is 10.6 Å². The minimum Gasteiger partial charge on any atom is -0.349 e. The van der Waals surface area contributed by atoms with Crippen molar-refractivity contribution < 1.29 is 28.3 Å². The van der Waals surface area contributed by atoms with Crippen molar-refractivity contribution in [2.24, 2.45) is 11.8 Å². The Morgan fingerprint density at radius 1 is 0.829 bits per heavy atom. The van der Waals surface area contributed by atoms with E-state index in [1.807, 2.05) is 0 Å². The fourth-order valence-electron chi connectivity index (χ4n) is 5.35. The molecule has 2 amide bonds.